The van der Waals surface area contributed by atoms with Crippen LogP contribution >= 0.6 is 0 Å². The summed E-state index contributed by atoms with van der Waals surface area (Å²) in [5.41, 5.74) is 10.5. The Morgan fingerprint density at radius 1 is 1.10 bits per heavy atom. The van der Waals surface area contributed by atoms with Crippen molar-refractivity contribution in [3.63, 3.8) is 0 Å². The number of nitrogens with zero attached hydrogens (tertiary/aromatic N) is 1. The van der Waals surface area contributed by atoms with E-state index in [0.29, 0.717) is 5.56 Å². The highest BCUT2D eigenvalue weighted by atomic mass is 16.1. The molecule has 2 N–H and O–H groups in total. The smallest absolute Gasteiger partial charge is 0.259 e. The Hall–Kier alpha value is -1.87. The fraction of sp³-hybridized carbons (Fsp3) is 0.353. The first-order valence-corrected chi connectivity index (χ1v) is 6.97. The Morgan fingerprint density at radius 3 is 2.20 bits per heavy atom. The molecule has 1 aromatic carbocycles. The minimum Gasteiger partial charge on any atom is -0.326 e. The normalized spacial score (nSPS) is 11.1. The van der Waals surface area contributed by atoms with Crippen molar-refractivity contribution < 1.29 is 0 Å². The molecule has 106 valence electrons. The van der Waals surface area contributed by atoms with Crippen LogP contribution in [0.2, 0.25) is 0 Å². The minimum atomic E-state index is -0.0105. The predicted molar refractivity (Wildman–Crippen MR) is 83.5 cm³/mol. The number of nitrogens with two attached hydrogens (primary N) is 1. The van der Waals surface area contributed by atoms with E-state index < -0.39 is 0 Å². The highest BCUT2D eigenvalue weighted by molar-refractivity contribution is 5.42. The van der Waals surface area contributed by atoms with Crippen LogP contribution in [0.15, 0.2) is 35.1 Å². The lowest BCUT2D eigenvalue weighted by Gasteiger charge is -2.18. The third-order valence-electron chi connectivity index (χ3n) is 3.47. The standard InChI is InChI=1S/C17H22N2O/c1-11(2)16-6-5-14(10-18)17(20)19(16)15-8-12(3)7-13(4)9-15/h5-9,11H,10,18H2,1-4H3. The first-order valence-electron chi connectivity index (χ1n) is 6.97. The van der Waals surface area contributed by atoms with Crippen LogP contribution in [0.5, 0.6) is 0 Å². The van der Waals surface area contributed by atoms with Crippen molar-refractivity contribution in [2.75, 3.05) is 0 Å². The molecule has 3 nitrogen and oxygen atoms in total. The van der Waals surface area contributed by atoms with Crippen molar-refractivity contribution in [1.82, 2.24) is 4.57 Å². The van der Waals surface area contributed by atoms with Crippen molar-refractivity contribution in [1.29, 1.82) is 0 Å². The van der Waals surface area contributed by atoms with Crippen LogP contribution in [0.25, 0.3) is 5.69 Å². The molecule has 0 fully saturated rings. The van der Waals surface area contributed by atoms with Gasteiger partial charge in [-0.05, 0) is 49.1 Å². The summed E-state index contributed by atoms with van der Waals surface area (Å²) in [6.45, 7) is 8.54. The lowest BCUT2D eigenvalue weighted by molar-refractivity contribution is 0.749. The molecule has 0 aliphatic carbocycles. The summed E-state index contributed by atoms with van der Waals surface area (Å²) < 4.78 is 1.80. The molecule has 0 spiro atoms. The van der Waals surface area contributed by atoms with Crippen molar-refractivity contribution in [2.24, 2.45) is 5.73 Å². The van der Waals surface area contributed by atoms with Gasteiger partial charge in [-0.25, -0.2) is 0 Å². The van der Waals surface area contributed by atoms with E-state index in [2.05, 4.69) is 19.9 Å². The van der Waals surface area contributed by atoms with Crippen LogP contribution in [0.3, 0.4) is 0 Å². The van der Waals surface area contributed by atoms with E-state index in [9.17, 15) is 4.79 Å². The summed E-state index contributed by atoms with van der Waals surface area (Å²) in [5.74, 6) is 0.273. The summed E-state index contributed by atoms with van der Waals surface area (Å²) in [4.78, 5) is 12.6. The molecule has 0 amide bonds. The van der Waals surface area contributed by atoms with Gasteiger partial charge < -0.3 is 5.73 Å². The van der Waals surface area contributed by atoms with Gasteiger partial charge in [0.25, 0.3) is 5.56 Å². The zero-order chi connectivity index (χ0) is 14.9. The second kappa shape index (κ2) is 5.63. The Morgan fingerprint density at radius 2 is 1.70 bits per heavy atom. The number of rotatable bonds is 3. The molecule has 0 bridgehead atoms. The summed E-state index contributed by atoms with van der Waals surface area (Å²) in [5, 5.41) is 0. The maximum atomic E-state index is 12.6. The van der Waals surface area contributed by atoms with Gasteiger partial charge in [0.1, 0.15) is 0 Å². The van der Waals surface area contributed by atoms with Crippen LogP contribution in [-0.2, 0) is 6.54 Å². The number of benzene rings is 1. The SMILES string of the molecule is Cc1cc(C)cc(-n2c(C(C)C)ccc(CN)c2=O)c1. The van der Waals surface area contributed by atoms with Gasteiger partial charge in [-0.15, -0.1) is 0 Å². The van der Waals surface area contributed by atoms with Gasteiger partial charge in [-0.1, -0.05) is 26.0 Å². The Labute approximate surface area is 120 Å². The first kappa shape index (κ1) is 14.5. The van der Waals surface area contributed by atoms with Crippen molar-refractivity contribution in [3.05, 3.63) is 63.1 Å². The van der Waals surface area contributed by atoms with E-state index in [0.717, 1.165) is 22.5 Å². The number of pyridine rings is 1. The van der Waals surface area contributed by atoms with E-state index in [1.807, 2.05) is 38.1 Å². The van der Waals surface area contributed by atoms with Crippen LogP contribution < -0.4 is 11.3 Å². The number of aromatic nitrogens is 1. The van der Waals surface area contributed by atoms with Gasteiger partial charge in [0, 0.05) is 23.5 Å². The molecule has 0 aliphatic heterocycles. The van der Waals surface area contributed by atoms with Crippen LogP contribution in [0.1, 0.15) is 42.1 Å². The predicted octanol–water partition coefficient (Wildman–Crippen LogP) is 3.04. The molecule has 0 aliphatic rings. The molecule has 0 radical (unpaired) electrons. The first-order chi connectivity index (χ1) is 9.43. The Balaban J connectivity index is 2.79. The van der Waals surface area contributed by atoms with E-state index in [1.54, 1.807) is 4.57 Å². The average molecular weight is 270 g/mol. The molecular weight excluding hydrogens is 248 g/mol. The summed E-state index contributed by atoms with van der Waals surface area (Å²) in [6, 6.07) is 10.0. The van der Waals surface area contributed by atoms with Crippen LogP contribution in [-0.4, -0.2) is 4.57 Å². The van der Waals surface area contributed by atoms with E-state index in [1.165, 1.54) is 0 Å². The van der Waals surface area contributed by atoms with Crippen LogP contribution in [0.4, 0.5) is 0 Å². The molecule has 3 heteroatoms. The fourth-order valence-corrected chi connectivity index (χ4v) is 2.54. The zero-order valence-electron chi connectivity index (χ0n) is 12.6. The van der Waals surface area contributed by atoms with Gasteiger partial charge >= 0.3 is 0 Å². The second-order valence-corrected chi connectivity index (χ2v) is 5.63. The molecular formula is C17H22N2O. The van der Waals surface area contributed by atoms with E-state index >= 15 is 0 Å². The molecule has 2 aromatic rings. The van der Waals surface area contributed by atoms with Crippen molar-refractivity contribution in [2.45, 2.75) is 40.2 Å². The third kappa shape index (κ3) is 2.68. The lowest BCUT2D eigenvalue weighted by atomic mass is 10.1. The average Bonchev–Trinajstić information content (AvgIpc) is 2.36. The second-order valence-electron chi connectivity index (χ2n) is 5.63. The molecule has 0 unspecified atom stereocenters. The maximum Gasteiger partial charge on any atom is 0.259 e. The molecule has 0 saturated heterocycles. The van der Waals surface area contributed by atoms with Gasteiger partial charge in [0.2, 0.25) is 0 Å². The lowest BCUT2D eigenvalue weighted by Crippen LogP contribution is -2.27. The van der Waals surface area contributed by atoms with E-state index in [4.69, 9.17) is 5.73 Å². The largest absolute Gasteiger partial charge is 0.326 e. The molecule has 0 saturated carbocycles. The number of hydrogen-bond donors (Lipinski definition) is 1. The quantitative estimate of drug-likeness (QED) is 0.932. The summed E-state index contributed by atoms with van der Waals surface area (Å²) in [7, 11) is 0. The monoisotopic (exact) mass is 270 g/mol. The number of hydrogen-bond acceptors (Lipinski definition) is 2. The summed E-state index contributed by atoms with van der Waals surface area (Å²) >= 11 is 0. The molecule has 1 heterocycles. The number of aryl methyl sites for hydroxylation is 2. The maximum absolute atomic E-state index is 12.6. The molecule has 1 aromatic heterocycles. The van der Waals surface area contributed by atoms with Gasteiger partial charge in [-0.2, -0.15) is 0 Å². The van der Waals surface area contributed by atoms with Gasteiger partial charge in [-0.3, -0.25) is 9.36 Å². The molecule has 2 rings (SSSR count). The van der Waals surface area contributed by atoms with Gasteiger partial charge in [0.05, 0.1) is 0 Å². The Kier molecular flexibility index (Phi) is 4.09. The third-order valence-corrected chi connectivity index (χ3v) is 3.47. The zero-order valence-corrected chi connectivity index (χ0v) is 12.6. The topological polar surface area (TPSA) is 48.0 Å². The fourth-order valence-electron chi connectivity index (χ4n) is 2.54. The molecule has 20 heavy (non-hydrogen) atoms. The highest BCUT2D eigenvalue weighted by Crippen LogP contribution is 2.19. The van der Waals surface area contributed by atoms with Crippen LogP contribution in [0, 0.1) is 13.8 Å². The van der Waals surface area contributed by atoms with Crippen molar-refractivity contribution in [3.8, 4) is 5.69 Å². The highest BCUT2D eigenvalue weighted by Gasteiger charge is 2.13. The minimum absolute atomic E-state index is 0.0105. The van der Waals surface area contributed by atoms with E-state index in [-0.39, 0.29) is 18.0 Å². The molecule has 0 atom stereocenters. The Bertz CT molecular complexity index is 664. The van der Waals surface area contributed by atoms with Crippen molar-refractivity contribution >= 4 is 0 Å². The van der Waals surface area contributed by atoms with Gasteiger partial charge in [0.15, 0.2) is 0 Å². The summed E-state index contributed by atoms with van der Waals surface area (Å²) in [6.07, 6.45) is 0.